The van der Waals surface area contributed by atoms with E-state index in [1.807, 2.05) is 13.8 Å². The molecular weight excluding hydrogens is 262 g/mol. The van der Waals surface area contributed by atoms with Gasteiger partial charge in [-0.15, -0.1) is 0 Å². The SMILES string of the molecule is CC(C)n1cc(S(=O)(=O)N2C[C@H](C)C[C@H](C)C2)cn1. The second-order valence-corrected chi connectivity index (χ2v) is 7.96. The first-order chi connectivity index (χ1) is 8.80. The number of piperidine rings is 1. The van der Waals surface area contributed by atoms with Crippen LogP contribution in [0, 0.1) is 11.8 Å². The summed E-state index contributed by atoms with van der Waals surface area (Å²) in [6, 6.07) is 0.170. The van der Waals surface area contributed by atoms with Crippen molar-refractivity contribution in [3.63, 3.8) is 0 Å². The average Bonchev–Trinajstić information content (AvgIpc) is 2.77. The van der Waals surface area contributed by atoms with Gasteiger partial charge in [0.25, 0.3) is 0 Å². The highest BCUT2D eigenvalue weighted by Gasteiger charge is 2.32. The minimum atomic E-state index is -3.39. The fourth-order valence-electron chi connectivity index (χ4n) is 2.69. The molecular formula is C13H23N3O2S. The zero-order valence-electron chi connectivity index (χ0n) is 12.1. The monoisotopic (exact) mass is 285 g/mol. The molecule has 0 N–H and O–H groups in total. The van der Waals surface area contributed by atoms with Gasteiger partial charge in [-0.1, -0.05) is 13.8 Å². The Kier molecular flexibility index (Phi) is 4.01. The van der Waals surface area contributed by atoms with Gasteiger partial charge in [-0.2, -0.15) is 9.40 Å². The lowest BCUT2D eigenvalue weighted by Crippen LogP contribution is -2.42. The molecule has 1 aliphatic rings. The zero-order chi connectivity index (χ0) is 14.2. The molecule has 1 aromatic heterocycles. The molecule has 0 bridgehead atoms. The smallest absolute Gasteiger partial charge is 0.246 e. The number of hydrogen-bond acceptors (Lipinski definition) is 3. The van der Waals surface area contributed by atoms with Crippen LogP contribution < -0.4 is 0 Å². The van der Waals surface area contributed by atoms with Gasteiger partial charge in [-0.3, -0.25) is 4.68 Å². The van der Waals surface area contributed by atoms with Gasteiger partial charge in [0.2, 0.25) is 10.0 Å². The molecule has 2 heterocycles. The van der Waals surface area contributed by atoms with Gasteiger partial charge in [0, 0.05) is 25.3 Å². The van der Waals surface area contributed by atoms with Crippen molar-refractivity contribution in [1.29, 1.82) is 0 Å². The molecule has 0 spiro atoms. The Morgan fingerprint density at radius 2 is 1.84 bits per heavy atom. The molecule has 0 amide bonds. The maximum Gasteiger partial charge on any atom is 0.246 e. The number of nitrogens with zero attached hydrogens (tertiary/aromatic N) is 3. The normalized spacial score (nSPS) is 25.9. The summed E-state index contributed by atoms with van der Waals surface area (Å²) in [5.41, 5.74) is 0. The third-order valence-corrected chi connectivity index (χ3v) is 5.36. The predicted octanol–water partition coefficient (Wildman–Crippen LogP) is 2.13. The van der Waals surface area contributed by atoms with Crippen LogP contribution in [0.5, 0.6) is 0 Å². The summed E-state index contributed by atoms with van der Waals surface area (Å²) in [5, 5.41) is 4.13. The number of hydrogen-bond donors (Lipinski definition) is 0. The Labute approximate surface area is 115 Å². The lowest BCUT2D eigenvalue weighted by atomic mass is 9.94. The van der Waals surface area contributed by atoms with E-state index in [9.17, 15) is 8.42 Å². The molecule has 1 aromatic rings. The second-order valence-electron chi connectivity index (χ2n) is 6.02. The van der Waals surface area contributed by atoms with E-state index in [0.29, 0.717) is 29.8 Å². The highest BCUT2D eigenvalue weighted by atomic mass is 32.2. The molecule has 2 atom stereocenters. The van der Waals surface area contributed by atoms with Crippen molar-refractivity contribution < 1.29 is 8.42 Å². The van der Waals surface area contributed by atoms with E-state index >= 15 is 0 Å². The van der Waals surface area contributed by atoms with Gasteiger partial charge < -0.3 is 0 Å². The minimum Gasteiger partial charge on any atom is -0.269 e. The van der Waals surface area contributed by atoms with Gasteiger partial charge in [0.1, 0.15) is 4.90 Å². The molecule has 19 heavy (non-hydrogen) atoms. The van der Waals surface area contributed by atoms with E-state index in [0.717, 1.165) is 6.42 Å². The van der Waals surface area contributed by atoms with E-state index in [1.165, 1.54) is 6.20 Å². The third-order valence-electron chi connectivity index (χ3n) is 3.58. The van der Waals surface area contributed by atoms with Crippen molar-refractivity contribution in [3.8, 4) is 0 Å². The van der Waals surface area contributed by atoms with E-state index in [2.05, 4.69) is 18.9 Å². The lowest BCUT2D eigenvalue weighted by Gasteiger charge is -2.33. The molecule has 108 valence electrons. The van der Waals surface area contributed by atoms with E-state index in [-0.39, 0.29) is 6.04 Å². The van der Waals surface area contributed by atoms with E-state index in [4.69, 9.17) is 0 Å². The fourth-order valence-corrected chi connectivity index (χ4v) is 4.31. The van der Waals surface area contributed by atoms with Gasteiger partial charge in [-0.25, -0.2) is 8.42 Å². The van der Waals surface area contributed by atoms with Crippen LogP contribution in [-0.4, -0.2) is 35.6 Å². The van der Waals surface area contributed by atoms with Gasteiger partial charge in [0.15, 0.2) is 0 Å². The van der Waals surface area contributed by atoms with Crippen LogP contribution in [0.3, 0.4) is 0 Å². The van der Waals surface area contributed by atoms with E-state index < -0.39 is 10.0 Å². The van der Waals surface area contributed by atoms with Crippen molar-refractivity contribution in [3.05, 3.63) is 12.4 Å². The van der Waals surface area contributed by atoms with Crippen LogP contribution in [-0.2, 0) is 10.0 Å². The summed E-state index contributed by atoms with van der Waals surface area (Å²) in [6.07, 6.45) is 4.18. The van der Waals surface area contributed by atoms with Crippen LogP contribution in [0.25, 0.3) is 0 Å². The van der Waals surface area contributed by atoms with Crippen molar-refractivity contribution in [2.75, 3.05) is 13.1 Å². The quantitative estimate of drug-likeness (QED) is 0.855. The van der Waals surface area contributed by atoms with Crippen LogP contribution in [0.15, 0.2) is 17.3 Å². The van der Waals surface area contributed by atoms with Gasteiger partial charge in [0.05, 0.1) is 6.20 Å². The average molecular weight is 285 g/mol. The number of aromatic nitrogens is 2. The minimum absolute atomic E-state index is 0.170. The largest absolute Gasteiger partial charge is 0.269 e. The molecule has 0 aliphatic carbocycles. The Hall–Kier alpha value is -0.880. The van der Waals surface area contributed by atoms with Crippen molar-refractivity contribution in [2.45, 2.75) is 45.1 Å². The summed E-state index contributed by atoms with van der Waals surface area (Å²) in [6.45, 7) is 9.40. The van der Waals surface area contributed by atoms with Gasteiger partial charge in [-0.05, 0) is 32.1 Å². The first-order valence-corrected chi connectivity index (χ1v) is 8.29. The zero-order valence-corrected chi connectivity index (χ0v) is 12.9. The third kappa shape index (κ3) is 3.00. The number of sulfonamides is 1. The molecule has 1 aliphatic heterocycles. The maximum atomic E-state index is 12.6. The molecule has 1 saturated heterocycles. The second kappa shape index (κ2) is 5.25. The topological polar surface area (TPSA) is 55.2 Å². The van der Waals surface area contributed by atoms with Gasteiger partial charge >= 0.3 is 0 Å². The van der Waals surface area contributed by atoms with Crippen LogP contribution in [0.4, 0.5) is 0 Å². The summed E-state index contributed by atoms with van der Waals surface area (Å²) >= 11 is 0. The maximum absolute atomic E-state index is 12.6. The van der Waals surface area contributed by atoms with Crippen molar-refractivity contribution in [1.82, 2.24) is 14.1 Å². The Balaban J connectivity index is 2.25. The summed E-state index contributed by atoms with van der Waals surface area (Å²) < 4.78 is 28.5. The summed E-state index contributed by atoms with van der Waals surface area (Å²) in [4.78, 5) is 0.308. The Bertz CT molecular complexity index is 526. The van der Waals surface area contributed by atoms with Crippen LogP contribution >= 0.6 is 0 Å². The van der Waals surface area contributed by atoms with Crippen LogP contribution in [0.1, 0.15) is 40.2 Å². The highest BCUT2D eigenvalue weighted by molar-refractivity contribution is 7.89. The fraction of sp³-hybridized carbons (Fsp3) is 0.769. The number of rotatable bonds is 3. The summed E-state index contributed by atoms with van der Waals surface area (Å²) in [7, 11) is -3.39. The standard InChI is InChI=1S/C13H23N3O2S/c1-10(2)16-9-13(6-14-16)19(17,18)15-7-11(3)5-12(4)8-15/h6,9-12H,5,7-8H2,1-4H3/t11-,12+. The first-order valence-electron chi connectivity index (χ1n) is 6.85. The molecule has 1 fully saturated rings. The molecule has 0 unspecified atom stereocenters. The molecule has 5 nitrogen and oxygen atoms in total. The first kappa shape index (κ1) is 14.5. The Morgan fingerprint density at radius 1 is 1.26 bits per heavy atom. The van der Waals surface area contributed by atoms with Crippen molar-refractivity contribution in [2.24, 2.45) is 11.8 Å². The van der Waals surface area contributed by atoms with E-state index in [1.54, 1.807) is 15.2 Å². The summed E-state index contributed by atoms with van der Waals surface area (Å²) in [5.74, 6) is 0.831. The van der Waals surface area contributed by atoms with Crippen molar-refractivity contribution >= 4 is 10.0 Å². The molecule has 0 aromatic carbocycles. The molecule has 2 rings (SSSR count). The molecule has 6 heteroatoms. The lowest BCUT2D eigenvalue weighted by molar-refractivity contribution is 0.222. The predicted molar refractivity (Wildman–Crippen MR) is 74.3 cm³/mol. The Morgan fingerprint density at radius 3 is 2.32 bits per heavy atom. The van der Waals surface area contributed by atoms with Crippen LogP contribution in [0.2, 0.25) is 0 Å². The molecule has 0 saturated carbocycles. The molecule has 0 radical (unpaired) electrons. The highest BCUT2D eigenvalue weighted by Crippen LogP contribution is 2.26.